The van der Waals surface area contributed by atoms with Crippen molar-refractivity contribution in [3.05, 3.63) is 36.0 Å². The molecule has 0 saturated carbocycles. The van der Waals surface area contributed by atoms with Gasteiger partial charge < -0.3 is 0 Å². The summed E-state index contributed by atoms with van der Waals surface area (Å²) in [5, 5.41) is 0. The van der Waals surface area contributed by atoms with E-state index in [1.165, 1.54) is 120 Å². The van der Waals surface area contributed by atoms with Crippen molar-refractivity contribution in [2.24, 2.45) is 0 Å². The number of aryl methyl sites for hydroxylation is 3. The van der Waals surface area contributed by atoms with Gasteiger partial charge in [-0.1, -0.05) is 104 Å². The lowest BCUT2D eigenvalue weighted by molar-refractivity contribution is 0.582. The molecule has 0 spiro atoms. The van der Waals surface area contributed by atoms with Crippen molar-refractivity contribution < 1.29 is 0 Å². The van der Waals surface area contributed by atoms with E-state index in [9.17, 15) is 0 Å². The van der Waals surface area contributed by atoms with Crippen molar-refractivity contribution in [3.8, 4) is 0 Å². The van der Waals surface area contributed by atoms with Gasteiger partial charge in [-0.2, -0.15) is 0 Å². The Morgan fingerprint density at radius 3 is 1.43 bits per heavy atom. The molecule has 0 atom stereocenters. The predicted octanol–water partition coefficient (Wildman–Crippen LogP) is 8.82. The Bertz CT molecular complexity index is 429. The Labute approximate surface area is 177 Å². The number of hydrogen-bond acceptors (Lipinski definition) is 1. The minimum Gasteiger partial charge on any atom is -0.258 e. The number of pyridine rings is 1. The van der Waals surface area contributed by atoms with E-state index < -0.39 is 0 Å². The molecule has 1 rings (SSSR count). The smallest absolute Gasteiger partial charge is 0.0409 e. The Morgan fingerprint density at radius 1 is 0.571 bits per heavy atom. The molecule has 28 heavy (non-hydrogen) atoms. The van der Waals surface area contributed by atoms with Crippen LogP contribution in [-0.2, 0) is 19.3 Å². The molecule has 1 radical (unpaired) electrons. The SMILES string of the molecule is [CH2]CCCc1cc(CCCCCCCCC)nc(CCCCCCCCC)c1. The van der Waals surface area contributed by atoms with Crippen LogP contribution in [0.4, 0.5) is 0 Å². The van der Waals surface area contributed by atoms with E-state index in [4.69, 9.17) is 4.98 Å². The van der Waals surface area contributed by atoms with Gasteiger partial charge in [0.25, 0.3) is 0 Å². The van der Waals surface area contributed by atoms with Gasteiger partial charge in [-0.3, -0.25) is 4.98 Å². The zero-order chi connectivity index (χ0) is 20.3. The zero-order valence-corrected chi connectivity index (χ0v) is 19.2. The first kappa shape index (κ1) is 25.2. The largest absolute Gasteiger partial charge is 0.258 e. The van der Waals surface area contributed by atoms with E-state index in [2.05, 4.69) is 32.9 Å². The molecule has 0 aliphatic heterocycles. The Morgan fingerprint density at radius 2 is 1.00 bits per heavy atom. The van der Waals surface area contributed by atoms with Crippen molar-refractivity contribution in [2.45, 2.75) is 136 Å². The maximum absolute atomic E-state index is 5.02. The Hall–Kier alpha value is -0.850. The molecule has 0 aromatic carbocycles. The fraction of sp³-hybridized carbons (Fsp3) is 0.778. The van der Waals surface area contributed by atoms with Gasteiger partial charge in [0.1, 0.15) is 0 Å². The summed E-state index contributed by atoms with van der Waals surface area (Å²) in [6, 6.07) is 4.75. The van der Waals surface area contributed by atoms with E-state index in [0.717, 1.165) is 19.3 Å². The van der Waals surface area contributed by atoms with E-state index >= 15 is 0 Å². The number of nitrogens with zero attached hydrogens (tertiary/aromatic N) is 1. The first-order valence-electron chi connectivity index (χ1n) is 12.6. The van der Waals surface area contributed by atoms with Crippen molar-refractivity contribution in [1.29, 1.82) is 0 Å². The van der Waals surface area contributed by atoms with Crippen LogP contribution in [0, 0.1) is 6.92 Å². The fourth-order valence-corrected chi connectivity index (χ4v) is 3.97. The Kier molecular flexibility index (Phi) is 16.4. The van der Waals surface area contributed by atoms with Crippen LogP contribution < -0.4 is 0 Å². The Balaban J connectivity index is 2.39. The molecule has 1 nitrogen and oxygen atoms in total. The van der Waals surface area contributed by atoms with E-state index in [1.54, 1.807) is 0 Å². The summed E-state index contributed by atoms with van der Waals surface area (Å²) < 4.78 is 0. The van der Waals surface area contributed by atoms with Crippen LogP contribution in [0.3, 0.4) is 0 Å². The minimum absolute atomic E-state index is 1.03. The highest BCUT2D eigenvalue weighted by atomic mass is 14.7. The highest BCUT2D eigenvalue weighted by molar-refractivity contribution is 5.22. The molecule has 0 aliphatic carbocycles. The molecule has 0 amide bonds. The molecule has 0 fully saturated rings. The number of rotatable bonds is 19. The molecule has 1 heteroatoms. The summed E-state index contributed by atoms with van der Waals surface area (Å²) in [5.74, 6) is 0. The molecule has 0 N–H and O–H groups in total. The van der Waals surface area contributed by atoms with E-state index in [0.29, 0.717) is 0 Å². The van der Waals surface area contributed by atoms with E-state index in [1.807, 2.05) is 0 Å². The van der Waals surface area contributed by atoms with Crippen LogP contribution >= 0.6 is 0 Å². The normalized spacial score (nSPS) is 11.2. The van der Waals surface area contributed by atoms with Crippen molar-refractivity contribution in [2.75, 3.05) is 0 Å². The molecule has 161 valence electrons. The maximum atomic E-state index is 5.02. The van der Waals surface area contributed by atoms with Crippen molar-refractivity contribution >= 4 is 0 Å². The summed E-state index contributed by atoms with van der Waals surface area (Å²) in [6.07, 6.45) is 25.0. The maximum Gasteiger partial charge on any atom is 0.0409 e. The lowest BCUT2D eigenvalue weighted by Crippen LogP contribution is -2.00. The topological polar surface area (TPSA) is 12.9 Å². The van der Waals surface area contributed by atoms with Crippen molar-refractivity contribution in [1.82, 2.24) is 4.98 Å². The molecule has 1 aromatic heterocycles. The second-order valence-electron chi connectivity index (χ2n) is 8.66. The van der Waals surface area contributed by atoms with Gasteiger partial charge >= 0.3 is 0 Å². The van der Waals surface area contributed by atoms with Crippen LogP contribution in [-0.4, -0.2) is 4.98 Å². The number of unbranched alkanes of at least 4 members (excludes halogenated alkanes) is 13. The zero-order valence-electron chi connectivity index (χ0n) is 19.2. The number of aromatic nitrogens is 1. The average molecular weight is 387 g/mol. The first-order valence-corrected chi connectivity index (χ1v) is 12.6. The molecular formula is C27H48N. The predicted molar refractivity (Wildman–Crippen MR) is 126 cm³/mol. The van der Waals surface area contributed by atoms with Crippen molar-refractivity contribution in [3.63, 3.8) is 0 Å². The molecule has 1 aromatic rings. The minimum atomic E-state index is 1.03. The van der Waals surface area contributed by atoms with Gasteiger partial charge in [-0.15, -0.1) is 0 Å². The fourth-order valence-electron chi connectivity index (χ4n) is 3.97. The first-order chi connectivity index (χ1) is 13.8. The molecule has 0 saturated heterocycles. The number of hydrogen-bond donors (Lipinski definition) is 0. The summed E-state index contributed by atoms with van der Waals surface area (Å²) in [7, 11) is 0. The molecular weight excluding hydrogens is 338 g/mol. The summed E-state index contributed by atoms with van der Waals surface area (Å²) in [6.45, 7) is 8.59. The molecule has 0 unspecified atom stereocenters. The van der Waals surface area contributed by atoms with Gasteiger partial charge in [0.05, 0.1) is 0 Å². The van der Waals surface area contributed by atoms with Gasteiger partial charge in [0.15, 0.2) is 0 Å². The van der Waals surface area contributed by atoms with Crippen LogP contribution in [0.2, 0.25) is 0 Å². The third-order valence-corrected chi connectivity index (χ3v) is 5.78. The van der Waals surface area contributed by atoms with Crippen LogP contribution in [0.25, 0.3) is 0 Å². The molecule has 1 heterocycles. The quantitative estimate of drug-likeness (QED) is 0.216. The van der Waals surface area contributed by atoms with Gasteiger partial charge in [0, 0.05) is 11.4 Å². The lowest BCUT2D eigenvalue weighted by Gasteiger charge is -2.10. The summed E-state index contributed by atoms with van der Waals surface area (Å²) >= 11 is 0. The highest BCUT2D eigenvalue weighted by Gasteiger charge is 2.04. The van der Waals surface area contributed by atoms with Crippen LogP contribution in [0.5, 0.6) is 0 Å². The second kappa shape index (κ2) is 18.2. The van der Waals surface area contributed by atoms with Gasteiger partial charge in [-0.25, -0.2) is 0 Å². The van der Waals surface area contributed by atoms with Crippen LogP contribution in [0.1, 0.15) is 134 Å². The average Bonchev–Trinajstić information content (AvgIpc) is 2.71. The third-order valence-electron chi connectivity index (χ3n) is 5.78. The summed E-state index contributed by atoms with van der Waals surface area (Å²) in [4.78, 5) is 5.02. The lowest BCUT2D eigenvalue weighted by atomic mass is 10.0. The second-order valence-corrected chi connectivity index (χ2v) is 8.66. The monoisotopic (exact) mass is 386 g/mol. The third kappa shape index (κ3) is 13.3. The summed E-state index contributed by atoms with van der Waals surface area (Å²) in [5.41, 5.74) is 4.18. The molecule has 0 bridgehead atoms. The van der Waals surface area contributed by atoms with Crippen LogP contribution in [0.15, 0.2) is 12.1 Å². The highest BCUT2D eigenvalue weighted by Crippen LogP contribution is 2.16. The molecule has 0 aliphatic rings. The standard InChI is InChI=1S/C27H48N/c1-4-7-10-12-14-16-18-21-26-23-25(20-9-6-3)24-27(28-26)22-19-17-15-13-11-8-5-2/h23-24H,3-22H2,1-2H3. The van der Waals surface area contributed by atoms with Gasteiger partial charge in [-0.05, 0) is 56.2 Å². The van der Waals surface area contributed by atoms with E-state index in [-0.39, 0.29) is 0 Å². The van der Waals surface area contributed by atoms with Gasteiger partial charge in [0.2, 0.25) is 0 Å².